The van der Waals surface area contributed by atoms with E-state index in [2.05, 4.69) is 65.1 Å². The predicted molar refractivity (Wildman–Crippen MR) is 134 cm³/mol. The van der Waals surface area contributed by atoms with Gasteiger partial charge in [0.05, 0.1) is 0 Å². The van der Waals surface area contributed by atoms with E-state index in [-0.39, 0.29) is 11.8 Å². The summed E-state index contributed by atoms with van der Waals surface area (Å²) in [4.78, 5) is 16.2. The van der Waals surface area contributed by atoms with Crippen LogP contribution in [0.25, 0.3) is 0 Å². The van der Waals surface area contributed by atoms with Crippen molar-refractivity contribution in [2.45, 2.75) is 39.2 Å². The minimum absolute atomic E-state index is 0.0572. The Bertz CT molecular complexity index is 920. The predicted octanol–water partition coefficient (Wildman–Crippen LogP) is 4.60. The molecule has 3 aliphatic rings. The summed E-state index contributed by atoms with van der Waals surface area (Å²) in [6.45, 7) is 13.2. The standard InChI is InChI=1S/C27H36N4O/c1-20-18-24(31-16-14-30(15-17-31)23-8-7-9-23)12-13-26(20)29-22(3)21(2)25-10-5-4-6-11-27(25)28-19-32/h4-6,10-13,18-19,21,23,25,29H,3,7-9,14-17H2,1-2H3,(H,28,32). The number of hydrogen-bond donors (Lipinski definition) is 2. The van der Waals surface area contributed by atoms with E-state index in [1.807, 2.05) is 24.3 Å². The molecule has 2 atom stereocenters. The zero-order chi connectivity index (χ0) is 22.5. The van der Waals surface area contributed by atoms with E-state index in [4.69, 9.17) is 0 Å². The number of carbonyl (C=O) groups is 1. The van der Waals surface area contributed by atoms with E-state index >= 15 is 0 Å². The number of hydrogen-bond acceptors (Lipinski definition) is 4. The molecule has 1 heterocycles. The average Bonchev–Trinajstić information content (AvgIpc) is 3.00. The second kappa shape index (κ2) is 10.2. The van der Waals surface area contributed by atoms with Crippen molar-refractivity contribution in [3.63, 3.8) is 0 Å². The molecule has 2 N–H and O–H groups in total. The summed E-state index contributed by atoms with van der Waals surface area (Å²) in [6, 6.07) is 7.52. The van der Waals surface area contributed by atoms with Crippen molar-refractivity contribution in [1.29, 1.82) is 0 Å². The van der Waals surface area contributed by atoms with E-state index in [0.717, 1.165) is 42.6 Å². The van der Waals surface area contributed by atoms with Crippen LogP contribution in [0.5, 0.6) is 0 Å². The summed E-state index contributed by atoms with van der Waals surface area (Å²) in [6.07, 6.45) is 14.9. The molecule has 170 valence electrons. The number of rotatable bonds is 8. The SMILES string of the molecule is C=C(Nc1ccc(N2CCN(C3CCC3)CC2)cc1C)C(C)C1C=CC=CC=C1NC=O. The first-order chi connectivity index (χ1) is 15.6. The molecule has 0 bridgehead atoms. The molecule has 32 heavy (non-hydrogen) atoms. The molecule has 5 nitrogen and oxygen atoms in total. The minimum Gasteiger partial charge on any atom is -0.369 e. The maximum atomic E-state index is 11.0. The Morgan fingerprint density at radius 1 is 1.16 bits per heavy atom. The quantitative estimate of drug-likeness (QED) is 0.589. The van der Waals surface area contributed by atoms with E-state index in [1.54, 1.807) is 0 Å². The molecule has 1 amide bonds. The fourth-order valence-electron chi connectivity index (χ4n) is 4.86. The second-order valence-corrected chi connectivity index (χ2v) is 9.23. The monoisotopic (exact) mass is 432 g/mol. The molecule has 5 heteroatoms. The number of carbonyl (C=O) groups excluding carboxylic acids is 1. The molecule has 1 aliphatic heterocycles. The van der Waals surface area contributed by atoms with Crippen LogP contribution in [0.4, 0.5) is 11.4 Å². The molecule has 2 fully saturated rings. The van der Waals surface area contributed by atoms with Crippen molar-refractivity contribution in [2.75, 3.05) is 36.4 Å². The fourth-order valence-corrected chi connectivity index (χ4v) is 4.86. The third-order valence-electron chi connectivity index (χ3n) is 7.27. The van der Waals surface area contributed by atoms with Crippen LogP contribution in [-0.4, -0.2) is 43.5 Å². The van der Waals surface area contributed by atoms with Crippen LogP contribution in [0.15, 0.2) is 66.6 Å². The zero-order valence-electron chi connectivity index (χ0n) is 19.4. The average molecular weight is 433 g/mol. The van der Waals surface area contributed by atoms with Crippen molar-refractivity contribution in [3.8, 4) is 0 Å². The fraction of sp³-hybridized carbons (Fsp3) is 0.444. The number of amides is 1. The lowest BCUT2D eigenvalue weighted by Gasteiger charge is -2.43. The molecule has 2 unspecified atom stereocenters. The lowest BCUT2D eigenvalue weighted by atomic mass is 9.88. The second-order valence-electron chi connectivity index (χ2n) is 9.23. The van der Waals surface area contributed by atoms with Crippen LogP contribution in [0.3, 0.4) is 0 Å². The normalized spacial score (nSPS) is 22.5. The van der Waals surface area contributed by atoms with Crippen molar-refractivity contribution >= 4 is 17.8 Å². The molecular formula is C27H36N4O. The summed E-state index contributed by atoms with van der Waals surface area (Å²) in [5.41, 5.74) is 5.43. The molecule has 1 aromatic rings. The molecule has 4 rings (SSSR count). The Labute approximate surface area is 192 Å². The van der Waals surface area contributed by atoms with Gasteiger partial charge in [-0.15, -0.1) is 0 Å². The third kappa shape index (κ3) is 4.99. The third-order valence-corrected chi connectivity index (χ3v) is 7.27. The molecule has 2 aliphatic carbocycles. The highest BCUT2D eigenvalue weighted by molar-refractivity contribution is 5.62. The largest absolute Gasteiger partial charge is 0.369 e. The van der Waals surface area contributed by atoms with Crippen LogP contribution < -0.4 is 15.5 Å². The first kappa shape index (κ1) is 22.4. The molecule has 1 saturated heterocycles. The number of anilines is 2. The van der Waals surface area contributed by atoms with Crippen molar-refractivity contribution in [2.24, 2.45) is 11.8 Å². The summed E-state index contributed by atoms with van der Waals surface area (Å²) < 4.78 is 0. The van der Waals surface area contributed by atoms with Gasteiger partial charge in [-0.3, -0.25) is 9.69 Å². The summed E-state index contributed by atoms with van der Waals surface area (Å²) in [5.74, 6) is 0.172. The number of nitrogens with zero attached hydrogens (tertiary/aromatic N) is 2. The van der Waals surface area contributed by atoms with Crippen molar-refractivity contribution in [1.82, 2.24) is 10.2 Å². The summed E-state index contributed by atoms with van der Waals surface area (Å²) in [5, 5.41) is 6.39. The lowest BCUT2D eigenvalue weighted by Crippen LogP contribution is -2.52. The van der Waals surface area contributed by atoms with Crippen LogP contribution in [0.1, 0.15) is 31.7 Å². The smallest absolute Gasteiger partial charge is 0.211 e. The maximum absolute atomic E-state index is 11.0. The van der Waals surface area contributed by atoms with E-state index in [0.29, 0.717) is 0 Å². The van der Waals surface area contributed by atoms with Gasteiger partial charge in [-0.25, -0.2) is 0 Å². The van der Waals surface area contributed by atoms with Gasteiger partial charge in [0.15, 0.2) is 0 Å². The molecule has 0 aromatic heterocycles. The van der Waals surface area contributed by atoms with Crippen LogP contribution in [0.2, 0.25) is 0 Å². The van der Waals surface area contributed by atoms with Crippen molar-refractivity contribution in [3.05, 3.63) is 72.1 Å². The van der Waals surface area contributed by atoms with Gasteiger partial charge < -0.3 is 15.5 Å². The molecule has 1 aromatic carbocycles. The van der Waals surface area contributed by atoms with E-state index in [1.165, 1.54) is 43.6 Å². The Hall–Kier alpha value is -2.79. The maximum Gasteiger partial charge on any atom is 0.211 e. The first-order valence-corrected chi connectivity index (χ1v) is 11.9. The van der Waals surface area contributed by atoms with Gasteiger partial charge in [0, 0.05) is 66.8 Å². The van der Waals surface area contributed by atoms with Crippen LogP contribution >= 0.6 is 0 Å². The van der Waals surface area contributed by atoms with E-state index in [9.17, 15) is 4.79 Å². The number of nitrogens with one attached hydrogen (secondary N) is 2. The summed E-state index contributed by atoms with van der Waals surface area (Å²) >= 11 is 0. The van der Waals surface area contributed by atoms with Gasteiger partial charge in [0.25, 0.3) is 0 Å². The topological polar surface area (TPSA) is 47.6 Å². The van der Waals surface area contributed by atoms with Crippen molar-refractivity contribution < 1.29 is 4.79 Å². The molecule has 0 spiro atoms. The Morgan fingerprint density at radius 2 is 1.94 bits per heavy atom. The number of allylic oxidation sites excluding steroid dienone is 6. The van der Waals surface area contributed by atoms with Gasteiger partial charge in [0.2, 0.25) is 6.41 Å². The Morgan fingerprint density at radius 3 is 2.59 bits per heavy atom. The van der Waals surface area contributed by atoms with Gasteiger partial charge in [-0.05, 0) is 49.6 Å². The molecular weight excluding hydrogens is 396 g/mol. The summed E-state index contributed by atoms with van der Waals surface area (Å²) in [7, 11) is 0. The highest BCUT2D eigenvalue weighted by Gasteiger charge is 2.28. The zero-order valence-corrected chi connectivity index (χ0v) is 19.4. The highest BCUT2D eigenvalue weighted by atomic mass is 16.1. The molecule has 0 radical (unpaired) electrons. The Kier molecular flexibility index (Phi) is 7.15. The number of aryl methyl sites for hydroxylation is 1. The molecule has 1 saturated carbocycles. The number of benzene rings is 1. The number of piperazine rings is 1. The van der Waals surface area contributed by atoms with Crippen LogP contribution in [0, 0.1) is 18.8 Å². The van der Waals surface area contributed by atoms with Gasteiger partial charge >= 0.3 is 0 Å². The van der Waals surface area contributed by atoms with Gasteiger partial charge in [-0.1, -0.05) is 44.2 Å². The Balaban J connectivity index is 1.38. The van der Waals surface area contributed by atoms with Gasteiger partial charge in [-0.2, -0.15) is 0 Å². The van der Waals surface area contributed by atoms with Crippen LogP contribution in [-0.2, 0) is 4.79 Å². The lowest BCUT2D eigenvalue weighted by molar-refractivity contribution is -0.109. The first-order valence-electron chi connectivity index (χ1n) is 11.9. The van der Waals surface area contributed by atoms with E-state index < -0.39 is 0 Å². The van der Waals surface area contributed by atoms with Gasteiger partial charge in [0.1, 0.15) is 0 Å². The minimum atomic E-state index is 0.0572. The highest BCUT2D eigenvalue weighted by Crippen LogP contribution is 2.31.